The van der Waals surface area contributed by atoms with Crippen LogP contribution < -0.4 is 0 Å². The van der Waals surface area contributed by atoms with Gasteiger partial charge in [-0.3, -0.25) is 33.9 Å². The molecule has 3 unspecified atom stereocenters. The average molecular weight is 918 g/mol. The summed E-state index contributed by atoms with van der Waals surface area (Å²) in [5, 5.41) is 36.8. The number of unbranched alkanes of at least 4 members (excludes halogenated alkanes) is 13. The number of hydrogen-bond acceptors (Lipinski definition) is 8. The molecule has 65 heavy (non-hydrogen) atoms. The van der Waals surface area contributed by atoms with Crippen LogP contribution in [0.25, 0.3) is 0 Å². The van der Waals surface area contributed by atoms with Gasteiger partial charge in [-0.25, -0.2) is 0 Å². The predicted molar refractivity (Wildman–Crippen MR) is 263 cm³/mol. The summed E-state index contributed by atoms with van der Waals surface area (Å²) >= 11 is 0. The second kappa shape index (κ2) is 22.0. The van der Waals surface area contributed by atoms with E-state index >= 15 is 9.59 Å². The first kappa shape index (κ1) is 57.1. The number of esters is 1. The number of aliphatic carboxylic acids is 3. The van der Waals surface area contributed by atoms with E-state index in [1.54, 1.807) is 0 Å². The van der Waals surface area contributed by atoms with Crippen LogP contribution in [0.5, 0.6) is 0 Å². The van der Waals surface area contributed by atoms with Gasteiger partial charge >= 0.3 is 23.9 Å². The van der Waals surface area contributed by atoms with Crippen molar-refractivity contribution in [3.63, 3.8) is 0 Å². The standard InChI is InChI=1S/C54H99N3O8/c1-17-18-19-20-21-22-23-24-25-26-27-28-29-30-31-65-42(58)38-53(45(61)62,40-34-49(6,7)56(15)50(8,9)35-40)54(46(63)64,41-36-51(10,11)57(16)52(12,13)37-41)43(44(59)60)39-32-47(2,3)55(14)48(4,5)33-39/h39-41,43H,17-38H2,1-16H3,(H,59,60)(H,61,62)(H,63,64). The molecule has 378 valence electrons. The van der Waals surface area contributed by atoms with Crippen molar-refractivity contribution in [3.05, 3.63) is 0 Å². The Bertz CT molecular complexity index is 1550. The second-order valence-corrected chi connectivity index (χ2v) is 25.2. The van der Waals surface area contributed by atoms with Gasteiger partial charge in [0, 0.05) is 33.2 Å². The third-order valence-electron chi connectivity index (χ3n) is 18.2. The molecule has 0 aliphatic carbocycles. The van der Waals surface area contributed by atoms with Gasteiger partial charge in [0.15, 0.2) is 0 Å². The Morgan fingerprint density at radius 2 is 0.831 bits per heavy atom. The third-order valence-corrected chi connectivity index (χ3v) is 18.2. The Balaban J connectivity index is 2.17. The predicted octanol–water partition coefficient (Wildman–Crippen LogP) is 11.9. The number of likely N-dealkylation sites (tertiary alicyclic amines) is 3. The van der Waals surface area contributed by atoms with Gasteiger partial charge in [-0.05, 0) is 167 Å². The van der Waals surface area contributed by atoms with Gasteiger partial charge in [-0.1, -0.05) is 90.4 Å². The summed E-state index contributed by atoms with van der Waals surface area (Å²) in [4.78, 5) is 66.6. The Hall–Kier alpha value is -2.24. The number of rotatable bonds is 25. The summed E-state index contributed by atoms with van der Waals surface area (Å²) in [6.45, 7) is 26.9. The number of piperidine rings is 3. The topological polar surface area (TPSA) is 148 Å². The zero-order valence-electron chi connectivity index (χ0n) is 44.6. The molecule has 3 aliphatic heterocycles. The Labute approximate surface area is 396 Å². The van der Waals surface area contributed by atoms with Gasteiger partial charge in [0.1, 0.15) is 5.41 Å². The minimum Gasteiger partial charge on any atom is -0.481 e. The summed E-state index contributed by atoms with van der Waals surface area (Å²) in [7, 11) is 6.05. The Morgan fingerprint density at radius 1 is 0.508 bits per heavy atom. The van der Waals surface area contributed by atoms with Crippen molar-refractivity contribution in [1.82, 2.24) is 14.7 Å². The van der Waals surface area contributed by atoms with Crippen molar-refractivity contribution >= 4 is 23.9 Å². The molecule has 3 saturated heterocycles. The monoisotopic (exact) mass is 918 g/mol. The van der Waals surface area contributed by atoms with E-state index in [9.17, 15) is 24.9 Å². The van der Waals surface area contributed by atoms with Crippen LogP contribution in [0.1, 0.15) is 225 Å². The van der Waals surface area contributed by atoms with Crippen LogP contribution in [0.3, 0.4) is 0 Å². The SMILES string of the molecule is CCCCCCCCCCCCCCCCOC(=O)CC(C(=O)O)(C1CC(C)(C)N(C)C(C)(C)C1)C(C(=O)O)(C1CC(C)(C)N(C)C(C)(C)C1)C(C(=O)O)C1CC(C)(C)N(C)C(C)(C)C1. The first-order valence-corrected chi connectivity index (χ1v) is 25.9. The molecule has 3 fully saturated rings. The Morgan fingerprint density at radius 3 is 1.15 bits per heavy atom. The summed E-state index contributed by atoms with van der Waals surface area (Å²) in [6, 6.07) is 0. The van der Waals surface area contributed by atoms with Gasteiger partial charge < -0.3 is 20.1 Å². The van der Waals surface area contributed by atoms with Crippen LogP contribution in [-0.2, 0) is 23.9 Å². The summed E-state index contributed by atoms with van der Waals surface area (Å²) < 4.78 is 6.03. The van der Waals surface area contributed by atoms with Crippen molar-refractivity contribution in [2.45, 2.75) is 258 Å². The van der Waals surface area contributed by atoms with Gasteiger partial charge in [0.05, 0.1) is 24.4 Å². The number of ether oxygens (including phenoxy) is 1. The molecule has 0 radical (unpaired) electrons. The lowest BCUT2D eigenvalue weighted by molar-refractivity contribution is -0.230. The molecule has 3 rings (SSSR count). The van der Waals surface area contributed by atoms with Crippen molar-refractivity contribution in [2.75, 3.05) is 27.7 Å². The molecule has 11 nitrogen and oxygen atoms in total. The zero-order chi connectivity index (χ0) is 49.6. The van der Waals surface area contributed by atoms with E-state index in [4.69, 9.17) is 4.74 Å². The molecule has 0 saturated carbocycles. The van der Waals surface area contributed by atoms with Crippen LogP contribution in [0.15, 0.2) is 0 Å². The molecule has 3 N–H and O–H groups in total. The maximum absolute atomic E-state index is 15.4. The van der Waals surface area contributed by atoms with Crippen LogP contribution in [0.2, 0.25) is 0 Å². The van der Waals surface area contributed by atoms with E-state index in [1.807, 2.05) is 76.5 Å². The van der Waals surface area contributed by atoms with Crippen molar-refractivity contribution in [1.29, 1.82) is 0 Å². The largest absolute Gasteiger partial charge is 0.481 e. The van der Waals surface area contributed by atoms with E-state index in [2.05, 4.69) is 49.3 Å². The lowest BCUT2D eigenvalue weighted by atomic mass is 9.40. The molecule has 0 aromatic heterocycles. The van der Waals surface area contributed by atoms with Crippen molar-refractivity contribution < 1.29 is 39.2 Å². The van der Waals surface area contributed by atoms with Crippen LogP contribution in [-0.4, -0.2) is 115 Å². The van der Waals surface area contributed by atoms with E-state index < -0.39 is 98.0 Å². The molecular weight excluding hydrogens is 819 g/mol. The lowest BCUT2D eigenvalue weighted by Gasteiger charge is -2.65. The minimum absolute atomic E-state index is 0.102. The van der Waals surface area contributed by atoms with Gasteiger partial charge in [-0.15, -0.1) is 0 Å². The zero-order valence-corrected chi connectivity index (χ0v) is 44.6. The molecule has 3 aliphatic rings. The minimum atomic E-state index is -2.42. The highest BCUT2D eigenvalue weighted by atomic mass is 16.5. The fourth-order valence-corrected chi connectivity index (χ4v) is 14.1. The molecule has 0 spiro atoms. The van der Waals surface area contributed by atoms with Crippen LogP contribution in [0, 0.1) is 34.5 Å². The summed E-state index contributed by atoms with van der Waals surface area (Å²) in [6.07, 6.45) is 17.5. The molecule has 0 aromatic carbocycles. The van der Waals surface area contributed by atoms with E-state index in [0.29, 0.717) is 19.3 Å². The van der Waals surface area contributed by atoms with Crippen molar-refractivity contribution in [3.8, 4) is 0 Å². The quantitative estimate of drug-likeness (QED) is 0.0594. The van der Waals surface area contributed by atoms with Gasteiger partial charge in [-0.2, -0.15) is 0 Å². The van der Waals surface area contributed by atoms with E-state index in [0.717, 1.165) is 19.3 Å². The van der Waals surface area contributed by atoms with Gasteiger partial charge in [0.25, 0.3) is 0 Å². The number of nitrogens with zero attached hydrogens (tertiary/aromatic N) is 3. The normalized spacial score (nSPS) is 25.0. The van der Waals surface area contributed by atoms with Gasteiger partial charge in [0.2, 0.25) is 0 Å². The van der Waals surface area contributed by atoms with Crippen LogP contribution >= 0.6 is 0 Å². The first-order valence-electron chi connectivity index (χ1n) is 25.9. The maximum atomic E-state index is 15.4. The number of hydrogen-bond donors (Lipinski definition) is 3. The van der Waals surface area contributed by atoms with Crippen LogP contribution in [0.4, 0.5) is 0 Å². The lowest BCUT2D eigenvalue weighted by Crippen LogP contribution is -2.73. The highest BCUT2D eigenvalue weighted by Gasteiger charge is 2.76. The summed E-state index contributed by atoms with van der Waals surface area (Å²) in [5.74, 6) is -9.07. The number of carboxylic acids is 3. The highest BCUT2D eigenvalue weighted by Crippen LogP contribution is 2.68. The fraction of sp³-hybridized carbons (Fsp3) is 0.926. The highest BCUT2D eigenvalue weighted by molar-refractivity contribution is 5.94. The molecule has 0 amide bonds. The number of carboxylic acid groups (broad SMARTS) is 3. The first-order chi connectivity index (χ1) is 29.8. The molecule has 0 bridgehead atoms. The average Bonchev–Trinajstić information content (AvgIpc) is 3.16. The van der Waals surface area contributed by atoms with E-state index in [-0.39, 0.29) is 32.3 Å². The molecular formula is C54H99N3O8. The molecule has 0 aromatic rings. The second-order valence-electron chi connectivity index (χ2n) is 25.2. The smallest absolute Gasteiger partial charge is 0.312 e. The summed E-state index contributed by atoms with van der Waals surface area (Å²) in [5.41, 5.74) is -8.34. The molecule has 3 atom stereocenters. The maximum Gasteiger partial charge on any atom is 0.312 e. The Kier molecular flexibility index (Phi) is 19.3. The molecule has 3 heterocycles. The number of carbonyl (C=O) groups excluding carboxylic acids is 1. The van der Waals surface area contributed by atoms with Crippen molar-refractivity contribution in [2.24, 2.45) is 34.5 Å². The third kappa shape index (κ3) is 12.5. The fourth-order valence-electron chi connectivity index (χ4n) is 14.1. The number of carbonyl (C=O) groups is 4. The van der Waals surface area contributed by atoms with E-state index in [1.165, 1.54) is 64.2 Å². The molecule has 11 heteroatoms.